The summed E-state index contributed by atoms with van der Waals surface area (Å²) in [7, 11) is 0. The van der Waals surface area contributed by atoms with Crippen LogP contribution < -0.4 is 20.7 Å². The summed E-state index contributed by atoms with van der Waals surface area (Å²) in [6, 6.07) is 8.20. The molecule has 0 unspecified atom stereocenters. The third-order valence-electron chi connectivity index (χ3n) is 5.44. The molecule has 2 aromatic carbocycles. The van der Waals surface area contributed by atoms with Crippen molar-refractivity contribution in [1.82, 2.24) is 16.0 Å². The molecule has 0 saturated carbocycles. The van der Waals surface area contributed by atoms with Crippen LogP contribution >= 0.6 is 0 Å². The molecule has 0 fully saturated rings. The molecule has 9 nitrogen and oxygen atoms in total. The molecule has 0 aliphatic carbocycles. The number of halogens is 1. The topological polar surface area (TPSA) is 134 Å². The summed E-state index contributed by atoms with van der Waals surface area (Å²) in [5.74, 6) is -2.14. The number of benzene rings is 2. The number of aliphatic hydroxyl groups excluding tert-OH is 1. The fraction of sp³-hybridized carbons (Fsp3) is 0.407. The molecule has 0 saturated heterocycles. The number of carbonyl (C=O) groups is 4. The van der Waals surface area contributed by atoms with E-state index in [-0.39, 0.29) is 24.5 Å². The molecule has 3 amide bonds. The first-order chi connectivity index (χ1) is 17.3. The average molecular weight is 516 g/mol. The summed E-state index contributed by atoms with van der Waals surface area (Å²) >= 11 is 0. The van der Waals surface area contributed by atoms with Crippen molar-refractivity contribution in [3.63, 3.8) is 0 Å². The number of amides is 3. The molecule has 0 aliphatic rings. The minimum atomic E-state index is -1.34. The monoisotopic (exact) mass is 515 g/mol. The molecule has 0 spiro atoms. The molecule has 10 heteroatoms. The van der Waals surface area contributed by atoms with Gasteiger partial charge < -0.3 is 25.8 Å². The summed E-state index contributed by atoms with van der Waals surface area (Å²) in [5.41, 5.74) is 0.513. The van der Waals surface area contributed by atoms with Gasteiger partial charge in [0, 0.05) is 23.1 Å². The predicted molar refractivity (Wildman–Crippen MR) is 135 cm³/mol. The number of hydrogen-bond acceptors (Lipinski definition) is 6. The molecule has 4 N–H and O–H groups in total. The summed E-state index contributed by atoms with van der Waals surface area (Å²) in [5, 5.41) is 17.7. The molecular formula is C27H34FN3O6. The highest BCUT2D eigenvalue weighted by molar-refractivity contribution is 5.93. The van der Waals surface area contributed by atoms with E-state index in [0.29, 0.717) is 11.8 Å². The normalized spacial score (nSPS) is 13.6. The van der Waals surface area contributed by atoms with Crippen LogP contribution in [0.5, 0.6) is 5.75 Å². The van der Waals surface area contributed by atoms with E-state index in [1.807, 2.05) is 0 Å². The van der Waals surface area contributed by atoms with E-state index in [2.05, 4.69) is 16.0 Å². The first-order valence-electron chi connectivity index (χ1n) is 11.8. The van der Waals surface area contributed by atoms with Crippen LogP contribution in [0.4, 0.5) is 4.39 Å². The molecule has 200 valence electrons. The second-order valence-electron chi connectivity index (χ2n) is 9.82. The lowest BCUT2D eigenvalue weighted by Crippen LogP contribution is -2.59. The Morgan fingerprint density at radius 3 is 2.38 bits per heavy atom. The second-order valence-corrected chi connectivity index (χ2v) is 9.82. The van der Waals surface area contributed by atoms with Gasteiger partial charge in [0.25, 0.3) is 0 Å². The zero-order valence-corrected chi connectivity index (χ0v) is 21.6. The second kappa shape index (κ2) is 13.0. The minimum absolute atomic E-state index is 0.140. The van der Waals surface area contributed by atoms with Crippen molar-refractivity contribution in [2.24, 2.45) is 5.41 Å². The Hall–Kier alpha value is -3.79. The van der Waals surface area contributed by atoms with Gasteiger partial charge >= 0.3 is 0 Å². The largest absolute Gasteiger partial charge is 0.491 e. The Labute approximate surface area is 215 Å². The van der Waals surface area contributed by atoms with Crippen LogP contribution in [0.15, 0.2) is 42.5 Å². The molecule has 37 heavy (non-hydrogen) atoms. The maximum Gasteiger partial charge on any atom is 0.246 e. The van der Waals surface area contributed by atoms with Crippen LogP contribution in [-0.2, 0) is 20.9 Å². The number of hydrogen-bond donors (Lipinski definition) is 4. The van der Waals surface area contributed by atoms with Crippen molar-refractivity contribution in [1.29, 1.82) is 0 Å². The smallest absolute Gasteiger partial charge is 0.246 e. The van der Waals surface area contributed by atoms with E-state index in [1.54, 1.807) is 58.0 Å². The number of nitrogens with one attached hydrogen (secondary N) is 3. The van der Waals surface area contributed by atoms with Gasteiger partial charge in [-0.05, 0) is 37.6 Å². The lowest BCUT2D eigenvalue weighted by atomic mass is 9.94. The number of carbonyl (C=O) groups excluding carboxylic acids is 4. The Morgan fingerprint density at radius 1 is 1.08 bits per heavy atom. The maximum atomic E-state index is 14.2. The highest BCUT2D eigenvalue weighted by Crippen LogP contribution is 2.15. The molecule has 0 aliphatic heterocycles. The van der Waals surface area contributed by atoms with Gasteiger partial charge in [0.05, 0.1) is 6.10 Å². The zero-order valence-electron chi connectivity index (χ0n) is 21.6. The average Bonchev–Trinajstić information content (AvgIpc) is 2.83. The SMILES string of the molecule is Cc1ccc(CNC(=O)[C@H](COc2cccc(C=O)c2)NC(=O)[C@@H](NC(=O)C(C)(C)C)[C@@H](C)O)c(F)c1. The first kappa shape index (κ1) is 29.4. The van der Waals surface area contributed by atoms with E-state index >= 15 is 0 Å². The Balaban J connectivity index is 2.20. The van der Waals surface area contributed by atoms with Crippen LogP contribution in [0.3, 0.4) is 0 Å². The molecule has 2 rings (SSSR count). The lowest BCUT2D eigenvalue weighted by Gasteiger charge is -2.27. The summed E-state index contributed by atoms with van der Waals surface area (Å²) in [6.07, 6.45) is -0.623. The standard InChI is InChI=1S/C27H34FN3O6/c1-16-9-10-19(21(28)11-16)13-29-24(34)22(15-37-20-8-6-7-18(12-20)14-32)30-25(35)23(17(2)33)31-26(36)27(3,4)5/h6-12,14,17,22-23,33H,13,15H2,1-5H3,(H,29,34)(H,30,35)(H,31,36)/t17-,22+,23+/m1/s1. The Kier molecular flexibility index (Phi) is 10.3. The van der Waals surface area contributed by atoms with Crippen LogP contribution in [0.25, 0.3) is 0 Å². The van der Waals surface area contributed by atoms with Gasteiger partial charge in [-0.1, -0.05) is 45.0 Å². The molecular weight excluding hydrogens is 481 g/mol. The van der Waals surface area contributed by atoms with E-state index < -0.39 is 47.1 Å². The van der Waals surface area contributed by atoms with Gasteiger partial charge in [-0.15, -0.1) is 0 Å². The van der Waals surface area contributed by atoms with E-state index in [1.165, 1.54) is 19.1 Å². The number of ether oxygens (including phenoxy) is 1. The van der Waals surface area contributed by atoms with Crippen molar-refractivity contribution in [2.45, 2.75) is 59.4 Å². The van der Waals surface area contributed by atoms with Crippen LogP contribution in [-0.4, -0.2) is 53.9 Å². The van der Waals surface area contributed by atoms with Crippen molar-refractivity contribution < 1.29 is 33.4 Å². The Bertz CT molecular complexity index is 1130. The van der Waals surface area contributed by atoms with Gasteiger partial charge in [-0.2, -0.15) is 0 Å². The summed E-state index contributed by atoms with van der Waals surface area (Å²) in [4.78, 5) is 49.5. The van der Waals surface area contributed by atoms with Crippen LogP contribution in [0.1, 0.15) is 49.2 Å². The quantitative estimate of drug-likeness (QED) is 0.339. The first-order valence-corrected chi connectivity index (χ1v) is 11.8. The molecule has 0 heterocycles. The van der Waals surface area contributed by atoms with E-state index in [0.717, 1.165) is 5.56 Å². The minimum Gasteiger partial charge on any atom is -0.491 e. The predicted octanol–water partition coefficient (Wildman–Crippen LogP) is 2.04. The number of aryl methyl sites for hydroxylation is 1. The Morgan fingerprint density at radius 2 is 1.78 bits per heavy atom. The number of rotatable bonds is 11. The third-order valence-corrected chi connectivity index (χ3v) is 5.44. The highest BCUT2D eigenvalue weighted by atomic mass is 19.1. The van der Waals surface area contributed by atoms with Gasteiger partial charge in [0.2, 0.25) is 17.7 Å². The molecule has 0 aromatic heterocycles. The third kappa shape index (κ3) is 8.98. The van der Waals surface area contributed by atoms with Gasteiger partial charge in [-0.25, -0.2) is 4.39 Å². The van der Waals surface area contributed by atoms with Gasteiger partial charge in [0.15, 0.2) is 0 Å². The van der Waals surface area contributed by atoms with E-state index in [9.17, 15) is 28.7 Å². The number of aldehydes is 1. The van der Waals surface area contributed by atoms with Crippen LogP contribution in [0, 0.1) is 18.2 Å². The van der Waals surface area contributed by atoms with Crippen molar-refractivity contribution in [2.75, 3.05) is 6.61 Å². The summed E-state index contributed by atoms with van der Waals surface area (Å²) in [6.45, 7) is 7.56. The highest BCUT2D eigenvalue weighted by Gasteiger charge is 2.33. The van der Waals surface area contributed by atoms with Gasteiger partial charge in [0.1, 0.15) is 36.5 Å². The van der Waals surface area contributed by atoms with Crippen molar-refractivity contribution in [3.05, 3.63) is 65.0 Å². The molecule has 0 radical (unpaired) electrons. The zero-order chi connectivity index (χ0) is 27.8. The maximum absolute atomic E-state index is 14.2. The van der Waals surface area contributed by atoms with Crippen LogP contribution in [0.2, 0.25) is 0 Å². The number of aliphatic hydroxyl groups is 1. The van der Waals surface area contributed by atoms with Crippen molar-refractivity contribution in [3.8, 4) is 5.75 Å². The fourth-order valence-corrected chi connectivity index (χ4v) is 3.17. The van der Waals surface area contributed by atoms with Crippen molar-refractivity contribution >= 4 is 24.0 Å². The summed E-state index contributed by atoms with van der Waals surface area (Å²) < 4.78 is 19.9. The lowest BCUT2D eigenvalue weighted by molar-refractivity contribution is -0.137. The fourth-order valence-electron chi connectivity index (χ4n) is 3.17. The van der Waals surface area contributed by atoms with Gasteiger partial charge in [-0.3, -0.25) is 19.2 Å². The molecule has 0 bridgehead atoms. The van der Waals surface area contributed by atoms with E-state index in [4.69, 9.17) is 4.74 Å². The molecule has 2 aromatic rings. The molecule has 3 atom stereocenters.